The van der Waals surface area contributed by atoms with Crippen molar-refractivity contribution in [1.82, 2.24) is 5.32 Å². The molecule has 2 rings (SSSR count). The quantitative estimate of drug-likeness (QED) is 0.909. The lowest BCUT2D eigenvalue weighted by Gasteiger charge is -2.19. The van der Waals surface area contributed by atoms with Crippen molar-refractivity contribution in [1.29, 1.82) is 0 Å². The van der Waals surface area contributed by atoms with Gasteiger partial charge in [-0.15, -0.1) is 0 Å². The fourth-order valence-corrected chi connectivity index (χ4v) is 2.35. The van der Waals surface area contributed by atoms with Crippen molar-refractivity contribution in [3.63, 3.8) is 0 Å². The maximum absolute atomic E-state index is 12.3. The second-order valence-electron chi connectivity index (χ2n) is 6.33. The van der Waals surface area contributed by atoms with Gasteiger partial charge in [-0.2, -0.15) is 0 Å². The third-order valence-corrected chi connectivity index (χ3v) is 3.96. The number of aryl methyl sites for hydroxylation is 3. The maximum atomic E-state index is 12.3. The summed E-state index contributed by atoms with van der Waals surface area (Å²) >= 11 is 0. The van der Waals surface area contributed by atoms with Gasteiger partial charge in [0.1, 0.15) is 5.58 Å². The zero-order valence-corrected chi connectivity index (χ0v) is 13.5. The van der Waals surface area contributed by atoms with E-state index in [2.05, 4.69) is 5.32 Å². The van der Waals surface area contributed by atoms with Gasteiger partial charge in [0.25, 0.3) is 5.91 Å². The molecule has 0 atom stereocenters. The molecule has 1 heterocycles. The molecule has 0 aliphatic carbocycles. The van der Waals surface area contributed by atoms with Gasteiger partial charge in [-0.1, -0.05) is 12.1 Å². The van der Waals surface area contributed by atoms with Crippen molar-refractivity contribution >= 4 is 22.8 Å². The molecule has 1 aromatic carbocycles. The number of amides is 1. The van der Waals surface area contributed by atoms with Crippen LogP contribution in [0.1, 0.15) is 41.1 Å². The van der Waals surface area contributed by atoms with E-state index in [4.69, 9.17) is 9.52 Å². The Morgan fingerprint density at radius 3 is 2.32 bits per heavy atom. The Kier molecular flexibility index (Phi) is 4.00. The van der Waals surface area contributed by atoms with E-state index < -0.39 is 11.4 Å². The molecule has 1 aromatic heterocycles. The van der Waals surface area contributed by atoms with Gasteiger partial charge in [-0.05, 0) is 45.7 Å². The van der Waals surface area contributed by atoms with E-state index in [0.29, 0.717) is 5.58 Å². The van der Waals surface area contributed by atoms with Crippen LogP contribution in [-0.2, 0) is 4.79 Å². The molecule has 118 valence electrons. The van der Waals surface area contributed by atoms with Crippen molar-refractivity contribution in [3.8, 4) is 0 Å². The standard InChI is InChI=1S/C17H21NO4/c1-9-6-7-10(2)13-12(9)11(3)14(22-13)15(19)18-8-17(4,5)16(20)21/h6-7H,8H2,1-5H3,(H,18,19)(H,20,21). The molecule has 22 heavy (non-hydrogen) atoms. The molecule has 0 radical (unpaired) electrons. The van der Waals surface area contributed by atoms with Crippen LogP contribution in [0.25, 0.3) is 11.0 Å². The zero-order valence-electron chi connectivity index (χ0n) is 13.5. The number of hydrogen-bond acceptors (Lipinski definition) is 3. The predicted octanol–water partition coefficient (Wildman–Crippen LogP) is 3.20. The van der Waals surface area contributed by atoms with Gasteiger partial charge in [0.05, 0.1) is 5.41 Å². The largest absolute Gasteiger partial charge is 0.481 e. The summed E-state index contributed by atoms with van der Waals surface area (Å²) in [6.45, 7) is 8.91. The zero-order chi connectivity index (χ0) is 16.7. The smallest absolute Gasteiger partial charge is 0.310 e. The van der Waals surface area contributed by atoms with E-state index in [1.165, 1.54) is 0 Å². The van der Waals surface area contributed by atoms with E-state index in [0.717, 1.165) is 22.1 Å². The number of fused-ring (bicyclic) bond motifs is 1. The fraction of sp³-hybridized carbons (Fsp3) is 0.412. The summed E-state index contributed by atoms with van der Waals surface area (Å²) in [5.41, 5.74) is 2.48. The SMILES string of the molecule is Cc1ccc(C)c2c(C)c(C(=O)NCC(C)(C)C(=O)O)oc12. The van der Waals surface area contributed by atoms with Crippen LogP contribution < -0.4 is 5.32 Å². The summed E-state index contributed by atoms with van der Waals surface area (Å²) in [7, 11) is 0. The molecular weight excluding hydrogens is 282 g/mol. The number of nitrogens with one attached hydrogen (secondary N) is 1. The Morgan fingerprint density at radius 1 is 1.18 bits per heavy atom. The first-order valence-corrected chi connectivity index (χ1v) is 7.16. The highest BCUT2D eigenvalue weighted by molar-refractivity contribution is 6.00. The number of aliphatic carboxylic acids is 1. The van der Waals surface area contributed by atoms with Crippen molar-refractivity contribution in [2.75, 3.05) is 6.54 Å². The van der Waals surface area contributed by atoms with Crippen LogP contribution in [-0.4, -0.2) is 23.5 Å². The first kappa shape index (κ1) is 16.1. The normalized spacial score (nSPS) is 11.7. The van der Waals surface area contributed by atoms with Crippen LogP contribution in [0.4, 0.5) is 0 Å². The van der Waals surface area contributed by atoms with Crippen LogP contribution in [0, 0.1) is 26.2 Å². The van der Waals surface area contributed by atoms with Crippen molar-refractivity contribution in [2.45, 2.75) is 34.6 Å². The molecule has 0 saturated heterocycles. The van der Waals surface area contributed by atoms with Crippen LogP contribution in [0.2, 0.25) is 0 Å². The molecule has 0 aliphatic heterocycles. The Hall–Kier alpha value is -2.30. The molecular formula is C17H21NO4. The van der Waals surface area contributed by atoms with E-state index in [9.17, 15) is 9.59 Å². The summed E-state index contributed by atoms with van der Waals surface area (Å²) in [5, 5.41) is 12.7. The Morgan fingerprint density at radius 2 is 1.77 bits per heavy atom. The summed E-state index contributed by atoms with van der Waals surface area (Å²) < 4.78 is 5.74. The van der Waals surface area contributed by atoms with Gasteiger partial charge < -0.3 is 14.8 Å². The molecule has 2 N–H and O–H groups in total. The van der Waals surface area contributed by atoms with Gasteiger partial charge in [0, 0.05) is 17.5 Å². The van der Waals surface area contributed by atoms with E-state index in [-0.39, 0.29) is 18.2 Å². The minimum Gasteiger partial charge on any atom is -0.481 e. The lowest BCUT2D eigenvalue weighted by atomic mass is 9.94. The van der Waals surface area contributed by atoms with Gasteiger partial charge >= 0.3 is 5.97 Å². The molecule has 2 aromatic rings. The molecule has 0 saturated carbocycles. The second kappa shape index (κ2) is 5.48. The molecule has 0 bridgehead atoms. The Balaban J connectivity index is 2.34. The summed E-state index contributed by atoms with van der Waals surface area (Å²) in [6.07, 6.45) is 0. The average molecular weight is 303 g/mol. The van der Waals surface area contributed by atoms with Gasteiger partial charge in [-0.25, -0.2) is 0 Å². The number of carbonyl (C=O) groups excluding carboxylic acids is 1. The highest BCUT2D eigenvalue weighted by Crippen LogP contribution is 2.30. The number of carbonyl (C=O) groups is 2. The lowest BCUT2D eigenvalue weighted by molar-refractivity contribution is -0.146. The molecule has 5 nitrogen and oxygen atoms in total. The van der Waals surface area contributed by atoms with Crippen LogP contribution >= 0.6 is 0 Å². The van der Waals surface area contributed by atoms with E-state index in [1.54, 1.807) is 13.8 Å². The monoisotopic (exact) mass is 303 g/mol. The molecule has 0 aliphatic rings. The molecule has 0 fully saturated rings. The van der Waals surface area contributed by atoms with Crippen molar-refractivity contribution in [2.24, 2.45) is 5.41 Å². The maximum Gasteiger partial charge on any atom is 0.310 e. The molecule has 0 spiro atoms. The number of rotatable bonds is 4. The predicted molar refractivity (Wildman–Crippen MR) is 84.2 cm³/mol. The topological polar surface area (TPSA) is 79.5 Å². The number of furan rings is 1. The van der Waals surface area contributed by atoms with Gasteiger partial charge in [0.15, 0.2) is 5.76 Å². The van der Waals surface area contributed by atoms with E-state index >= 15 is 0 Å². The number of hydrogen-bond donors (Lipinski definition) is 2. The van der Waals surface area contributed by atoms with Gasteiger partial charge in [-0.3, -0.25) is 9.59 Å². The van der Waals surface area contributed by atoms with Crippen molar-refractivity contribution in [3.05, 3.63) is 34.6 Å². The summed E-state index contributed by atoms with van der Waals surface area (Å²) in [6, 6.07) is 3.95. The third-order valence-electron chi connectivity index (χ3n) is 3.96. The minimum atomic E-state index is -1.03. The minimum absolute atomic E-state index is 0.0373. The Labute approximate surface area is 129 Å². The average Bonchev–Trinajstić information content (AvgIpc) is 2.79. The highest BCUT2D eigenvalue weighted by Gasteiger charge is 2.29. The van der Waals surface area contributed by atoms with E-state index in [1.807, 2.05) is 32.9 Å². The second-order valence-corrected chi connectivity index (χ2v) is 6.33. The van der Waals surface area contributed by atoms with Crippen LogP contribution in [0.5, 0.6) is 0 Å². The molecule has 0 unspecified atom stereocenters. The lowest BCUT2D eigenvalue weighted by Crippen LogP contribution is -2.38. The van der Waals surface area contributed by atoms with Gasteiger partial charge in [0.2, 0.25) is 0 Å². The third kappa shape index (κ3) is 2.71. The van der Waals surface area contributed by atoms with Crippen molar-refractivity contribution < 1.29 is 19.1 Å². The fourth-order valence-electron chi connectivity index (χ4n) is 2.35. The summed E-state index contributed by atoms with van der Waals surface area (Å²) in [4.78, 5) is 23.4. The summed E-state index contributed by atoms with van der Waals surface area (Å²) in [5.74, 6) is -1.10. The Bertz CT molecular complexity index is 756. The molecule has 1 amide bonds. The highest BCUT2D eigenvalue weighted by atomic mass is 16.4. The first-order chi connectivity index (χ1) is 10.1. The van der Waals surface area contributed by atoms with Crippen LogP contribution in [0.15, 0.2) is 16.5 Å². The number of benzene rings is 1. The number of carboxylic acids is 1. The molecule has 5 heteroatoms. The van der Waals surface area contributed by atoms with Crippen LogP contribution in [0.3, 0.4) is 0 Å². The first-order valence-electron chi connectivity index (χ1n) is 7.16. The number of carboxylic acid groups (broad SMARTS) is 1.